The summed E-state index contributed by atoms with van der Waals surface area (Å²) in [7, 11) is 0. The van der Waals surface area contributed by atoms with Gasteiger partial charge in [0, 0.05) is 92.1 Å². The fourth-order valence-corrected chi connectivity index (χ4v) is 12.5. The van der Waals surface area contributed by atoms with Crippen molar-refractivity contribution in [1.29, 1.82) is 0 Å². The number of carbonyl (C=O) groups is 4. The van der Waals surface area contributed by atoms with Gasteiger partial charge in [-0.25, -0.2) is 19.9 Å². The molecule has 10 rings (SSSR count). The number of aliphatic carboxylic acids is 4. The minimum atomic E-state index is -0.947. The van der Waals surface area contributed by atoms with Crippen LogP contribution in [-0.2, 0) is 30.3 Å². The van der Waals surface area contributed by atoms with E-state index in [1.807, 2.05) is 117 Å². The first-order valence-corrected chi connectivity index (χ1v) is 28.5. The fourth-order valence-electron chi connectivity index (χ4n) is 12.5. The van der Waals surface area contributed by atoms with Gasteiger partial charge in [0.2, 0.25) is 0 Å². The second-order valence-corrected chi connectivity index (χ2v) is 22.5. The number of aromatic nitrogens is 8. The number of ether oxygens (including phenoxy) is 1. The van der Waals surface area contributed by atoms with Gasteiger partial charge in [0.1, 0.15) is 0 Å². The van der Waals surface area contributed by atoms with Gasteiger partial charge < -0.3 is 45.1 Å². The maximum atomic E-state index is 12.1. The van der Waals surface area contributed by atoms with Gasteiger partial charge in [0.25, 0.3) is 0 Å². The van der Waals surface area contributed by atoms with Crippen LogP contribution < -0.4 is 29.6 Å². The third-order valence-electron chi connectivity index (χ3n) is 17.3. The van der Waals surface area contributed by atoms with E-state index in [0.29, 0.717) is 51.1 Å². The van der Waals surface area contributed by atoms with Gasteiger partial charge in [0.15, 0.2) is 0 Å². The number of nitrogens with zero attached hydrogens (tertiary/aromatic N) is 4. The van der Waals surface area contributed by atoms with Crippen molar-refractivity contribution in [2.24, 2.45) is 0 Å². The molecule has 4 aliphatic heterocycles. The van der Waals surface area contributed by atoms with Gasteiger partial charge in [-0.2, -0.15) is 0 Å². The van der Waals surface area contributed by atoms with Gasteiger partial charge in [-0.15, -0.1) is 0 Å². The second-order valence-electron chi connectivity index (χ2n) is 22.5. The van der Waals surface area contributed by atoms with Crippen LogP contribution in [0, 0.1) is 27.7 Å². The Labute approximate surface area is 519 Å². The van der Waals surface area contributed by atoms with Crippen molar-refractivity contribution in [2.45, 2.75) is 133 Å². The zero-order valence-corrected chi connectivity index (χ0v) is 52.6. The molecule has 0 saturated carbocycles. The van der Waals surface area contributed by atoms with Gasteiger partial charge in [0.05, 0.1) is 57.8 Å². The predicted molar refractivity (Wildman–Crippen MR) is 337 cm³/mol. The zero-order chi connectivity index (χ0) is 61.0. The summed E-state index contributed by atoms with van der Waals surface area (Å²) in [6, 6.07) is 15.7. The van der Waals surface area contributed by atoms with E-state index >= 15 is 0 Å². The predicted octanol–water partition coefficient (Wildman–Crippen LogP) is 12.0. The summed E-state index contributed by atoms with van der Waals surface area (Å²) < 4.78 is 7.28. The number of carboxylic acids is 4. The minimum absolute atomic E-state index is 0. The largest absolute Gasteiger partial charge is 1.00 e. The van der Waals surface area contributed by atoms with Gasteiger partial charge in [-0.1, -0.05) is 25.3 Å². The number of hydrogen-bond donors (Lipinski definition) is 8. The Morgan fingerprint density at radius 1 is 0.430 bits per heavy atom. The molecule has 86 heavy (non-hydrogen) atoms. The second kappa shape index (κ2) is 24.9. The average Bonchev–Trinajstić information content (AvgIpc) is 1.80. The molecule has 4 aliphatic rings. The van der Waals surface area contributed by atoms with Gasteiger partial charge in [-0.3, -0.25) is 19.2 Å². The molecule has 8 N–H and O–H groups in total. The molecule has 436 valence electrons. The molecule has 6 aromatic heterocycles. The maximum Gasteiger partial charge on any atom is 1.00 e. The van der Waals surface area contributed by atoms with E-state index in [1.54, 1.807) is 0 Å². The molecule has 16 bridgehead atoms. The fraction of sp³-hybridized carbons (Fsp3) is 0.294. The van der Waals surface area contributed by atoms with Crippen molar-refractivity contribution in [3.05, 3.63) is 152 Å². The van der Waals surface area contributed by atoms with Crippen molar-refractivity contribution >= 4 is 125 Å². The summed E-state index contributed by atoms with van der Waals surface area (Å²) in [6.45, 7) is 28.3. The first-order chi connectivity index (χ1) is 40.4. The Bertz CT molecular complexity index is 4420. The van der Waals surface area contributed by atoms with Crippen molar-refractivity contribution in [1.82, 2.24) is 39.9 Å². The number of hydrogen-bond acceptors (Lipinski definition) is 9. The van der Waals surface area contributed by atoms with E-state index < -0.39 is 36.1 Å². The summed E-state index contributed by atoms with van der Waals surface area (Å²) in [4.78, 5) is 83.4. The molecule has 0 spiro atoms. The molecule has 17 nitrogen and oxygen atoms in total. The number of carboxylic acid groups (broad SMARTS) is 4. The molecule has 0 aromatic carbocycles. The monoisotopic (exact) mass is 1170 g/mol. The number of H-pyrrole nitrogens is 4. The summed E-state index contributed by atoms with van der Waals surface area (Å²) in [6.07, 6.45) is 3.00. The van der Waals surface area contributed by atoms with Crippen LogP contribution in [0.15, 0.2) is 61.7 Å². The third kappa shape index (κ3) is 11.9. The number of aryl methyl sites for hydroxylation is 5. The van der Waals surface area contributed by atoms with E-state index in [2.05, 4.69) is 46.1 Å². The zero-order valence-electron chi connectivity index (χ0n) is 50.6. The first kappa shape index (κ1) is 62.1. The van der Waals surface area contributed by atoms with E-state index in [9.17, 15) is 39.6 Å². The smallest absolute Gasteiger partial charge is 0.481 e. The third-order valence-corrected chi connectivity index (χ3v) is 17.3. The maximum absolute atomic E-state index is 12.1. The average molecular weight is 1170 g/mol. The number of fused-ring (bicyclic) bond motifs is 16. The van der Waals surface area contributed by atoms with E-state index in [-0.39, 0.29) is 80.9 Å². The minimum Gasteiger partial charge on any atom is -0.481 e. The molecular formula is C68H70N8NaO9+. The van der Waals surface area contributed by atoms with Gasteiger partial charge >= 0.3 is 53.4 Å². The quantitative estimate of drug-likeness (QED) is 0.0372. The SMILES string of the molecule is C=Cc1c(C)c2cc3nc(cc4nc(cc5[nH]c(cc1[nH]2)c(C)c5CCC(=O)O)C(CCC(=O)O)=C4C)C(C)=C3C(C)OC(C)c1c(C)c2cc3[nH]c(cc4nc(cc5nc(cc1[nH]2)C(C)=C5CCC(=O)O)C(CCC(=O)O)=C4C)c(C)c3C=C.[Na+]. The van der Waals surface area contributed by atoms with Crippen LogP contribution in [0.3, 0.4) is 0 Å². The van der Waals surface area contributed by atoms with E-state index in [1.165, 1.54) is 0 Å². The van der Waals surface area contributed by atoms with Crippen molar-refractivity contribution < 1.29 is 73.9 Å². The Kier molecular flexibility index (Phi) is 17.9. The van der Waals surface area contributed by atoms with Crippen LogP contribution in [0.1, 0.15) is 183 Å². The number of nitrogens with one attached hydrogen (secondary N) is 4. The van der Waals surface area contributed by atoms with E-state index in [0.717, 1.165) is 128 Å². The Balaban J connectivity index is 0.00000884. The molecule has 10 heterocycles. The molecule has 18 heteroatoms. The molecule has 0 fully saturated rings. The number of allylic oxidation sites excluding steroid dienone is 7. The summed E-state index contributed by atoms with van der Waals surface area (Å²) in [5.41, 5.74) is 24.7. The number of aromatic amines is 4. The molecule has 0 saturated heterocycles. The first-order valence-electron chi connectivity index (χ1n) is 28.5. The van der Waals surface area contributed by atoms with Crippen LogP contribution in [0.5, 0.6) is 0 Å². The Morgan fingerprint density at radius 3 is 1.26 bits per heavy atom. The molecule has 0 amide bonds. The molecule has 0 aliphatic carbocycles. The standard InChI is InChI=1S/C68H70N8O9.Na/c1-13-41-31(3)47-23-48-33(5)43(15-19-63(77)78)57(71-48)30-60-46(18-22-66(83)84)36(8)52(74-60)28-62-68(38(10)54(76-62)26-56(41)69-47)40(12)85-39(11)67-37(9)53-24-49-34(6)44(16-20-64(79)80)58(72-49)29-59-45(17-21-65(81)82)35(7)50(73-59)25-55-42(14-2)32(4)51(70-55)27-61(67)75-53;/h13-14,23-30,39-40,69-70,73,76H,1-2,15-22H2,3-12H3,(H,77,78)(H,79,80)(H,81,82)(H,83,84);/q;+1. The number of rotatable bonds is 18. The molecule has 2 unspecified atom stereocenters. The van der Waals surface area contributed by atoms with E-state index in [4.69, 9.17) is 24.7 Å². The Hall–Kier alpha value is -8.48. The summed E-state index contributed by atoms with van der Waals surface area (Å²) in [5, 5.41) is 39.4. The van der Waals surface area contributed by atoms with Crippen molar-refractivity contribution in [3.63, 3.8) is 0 Å². The Morgan fingerprint density at radius 2 is 0.779 bits per heavy atom. The summed E-state index contributed by atoms with van der Waals surface area (Å²) in [5.74, 6) is -3.74. The normalized spacial score (nSPS) is 14.0. The molecule has 6 aromatic rings. The van der Waals surface area contributed by atoms with Crippen LogP contribution >= 0.6 is 0 Å². The van der Waals surface area contributed by atoms with Crippen LogP contribution in [0.2, 0.25) is 0 Å². The van der Waals surface area contributed by atoms with Crippen molar-refractivity contribution in [3.8, 4) is 0 Å². The molecule has 0 radical (unpaired) electrons. The van der Waals surface area contributed by atoms with Crippen LogP contribution in [0.4, 0.5) is 0 Å². The van der Waals surface area contributed by atoms with Crippen molar-refractivity contribution in [2.75, 3.05) is 0 Å². The van der Waals surface area contributed by atoms with Crippen LogP contribution in [0.25, 0.3) is 101 Å². The molecular weight excluding hydrogens is 1100 g/mol. The van der Waals surface area contributed by atoms with Crippen LogP contribution in [-0.4, -0.2) is 90.3 Å². The van der Waals surface area contributed by atoms with Gasteiger partial charge in [-0.05, 0) is 210 Å². The molecule has 2 atom stereocenters. The summed E-state index contributed by atoms with van der Waals surface area (Å²) >= 11 is 0. The topological polar surface area (TPSA) is 273 Å².